The molecular weight excluding hydrogens is 243 g/mol. The fourth-order valence-electron chi connectivity index (χ4n) is 2.59. The average molecular weight is 252 g/mol. The molecule has 3 fully saturated rings. The van der Waals surface area contributed by atoms with Gasteiger partial charge in [0, 0.05) is 6.42 Å². The van der Waals surface area contributed by atoms with Crippen molar-refractivity contribution in [3.05, 3.63) is 0 Å². The van der Waals surface area contributed by atoms with Gasteiger partial charge in [-0.3, -0.25) is 4.18 Å². The number of ether oxygens (including phenoxy) is 2. The Morgan fingerprint density at radius 1 is 1.44 bits per heavy atom. The van der Waals surface area contributed by atoms with Crippen LogP contribution in [-0.2, 0) is 28.6 Å². The Hall–Kier alpha value is -0.730. The van der Waals surface area contributed by atoms with Gasteiger partial charge in [0.1, 0.15) is 18.3 Å². The monoisotopic (exact) mass is 252 g/mol. The van der Waals surface area contributed by atoms with Crippen molar-refractivity contribution < 1.29 is 31.3 Å². The number of halogens is 1. The molecule has 0 saturated carbocycles. The van der Waals surface area contributed by atoms with Crippen LogP contribution in [0.2, 0.25) is 0 Å². The number of esters is 1. The summed E-state index contributed by atoms with van der Waals surface area (Å²) in [6, 6.07) is 0. The Bertz CT molecular complexity index is 432. The Morgan fingerprint density at radius 2 is 2.19 bits per heavy atom. The molecule has 0 aliphatic carbocycles. The molecule has 3 aliphatic heterocycles. The normalized spacial score (nSPS) is 47.2. The van der Waals surface area contributed by atoms with E-state index in [4.69, 9.17) is 13.7 Å². The molecule has 2 bridgehead atoms. The third-order valence-electron chi connectivity index (χ3n) is 3.14. The lowest BCUT2D eigenvalue weighted by Crippen LogP contribution is -2.43. The molecule has 0 amide bonds. The summed E-state index contributed by atoms with van der Waals surface area (Å²) in [7, 11) is -3.76. The Balaban J connectivity index is 1.89. The van der Waals surface area contributed by atoms with E-state index in [1.54, 1.807) is 0 Å². The summed E-state index contributed by atoms with van der Waals surface area (Å²) in [4.78, 5) is 10.8. The highest BCUT2D eigenvalue weighted by Crippen LogP contribution is 2.47. The first-order valence-electron chi connectivity index (χ1n) is 4.86. The zero-order valence-electron chi connectivity index (χ0n) is 8.04. The zero-order valence-corrected chi connectivity index (χ0v) is 8.85. The van der Waals surface area contributed by atoms with Crippen molar-refractivity contribution in [3.8, 4) is 0 Å². The van der Waals surface area contributed by atoms with E-state index in [0.29, 0.717) is 6.42 Å². The maximum atomic E-state index is 12.0. The first-order valence-corrected chi connectivity index (χ1v) is 6.33. The molecule has 0 spiro atoms. The topological polar surface area (TPSA) is 78.9 Å². The Morgan fingerprint density at radius 3 is 2.88 bits per heavy atom. The number of hydrogen-bond donors (Lipinski definition) is 0. The van der Waals surface area contributed by atoms with E-state index in [2.05, 4.69) is 0 Å². The van der Waals surface area contributed by atoms with E-state index in [-0.39, 0.29) is 0 Å². The predicted molar refractivity (Wildman–Crippen MR) is 46.7 cm³/mol. The van der Waals surface area contributed by atoms with Crippen molar-refractivity contribution in [2.45, 2.75) is 36.1 Å². The molecule has 16 heavy (non-hydrogen) atoms. The second kappa shape index (κ2) is 3.14. The van der Waals surface area contributed by atoms with Gasteiger partial charge < -0.3 is 9.47 Å². The van der Waals surface area contributed by atoms with Crippen molar-refractivity contribution in [2.24, 2.45) is 0 Å². The molecule has 90 valence electrons. The minimum atomic E-state index is -3.76. The number of carbonyl (C=O) groups is 1. The van der Waals surface area contributed by atoms with Crippen LogP contribution in [-0.4, -0.2) is 50.7 Å². The third kappa shape index (κ3) is 1.23. The highest BCUT2D eigenvalue weighted by Gasteiger charge is 2.67. The molecule has 5 unspecified atom stereocenters. The molecule has 0 radical (unpaired) electrons. The van der Waals surface area contributed by atoms with E-state index < -0.39 is 52.4 Å². The van der Waals surface area contributed by atoms with E-state index >= 15 is 0 Å². The lowest BCUT2D eigenvalue weighted by molar-refractivity contribution is -0.152. The predicted octanol–water partition coefficient (Wildman–Crippen LogP) is -0.864. The van der Waals surface area contributed by atoms with Crippen LogP contribution in [0.3, 0.4) is 0 Å². The lowest BCUT2D eigenvalue weighted by atomic mass is 9.95. The van der Waals surface area contributed by atoms with E-state index in [1.807, 2.05) is 0 Å². The highest BCUT2D eigenvalue weighted by atomic mass is 32.2. The first-order chi connectivity index (χ1) is 7.53. The average Bonchev–Trinajstić information content (AvgIpc) is 2.77. The molecule has 3 aliphatic rings. The van der Waals surface area contributed by atoms with Gasteiger partial charge in [-0.15, -0.1) is 0 Å². The molecule has 5 atom stereocenters. The van der Waals surface area contributed by atoms with Gasteiger partial charge in [0.05, 0.1) is 6.10 Å². The second-order valence-electron chi connectivity index (χ2n) is 4.06. The summed E-state index contributed by atoms with van der Waals surface area (Å²) in [6.07, 6.45) is -2.11. The smallest absolute Gasteiger partial charge is 0.337 e. The van der Waals surface area contributed by atoms with Crippen molar-refractivity contribution >= 4 is 16.1 Å². The van der Waals surface area contributed by atoms with Crippen molar-refractivity contribution in [3.63, 3.8) is 0 Å². The van der Waals surface area contributed by atoms with Crippen molar-refractivity contribution in [1.29, 1.82) is 0 Å². The summed E-state index contributed by atoms with van der Waals surface area (Å²) in [5, 5.41) is -0.994. The molecule has 0 aromatic heterocycles. The summed E-state index contributed by atoms with van der Waals surface area (Å²) in [6.45, 7) is -1.27. The van der Waals surface area contributed by atoms with Crippen LogP contribution in [0.1, 0.15) is 6.42 Å². The molecule has 0 N–H and O–H groups in total. The first kappa shape index (κ1) is 10.4. The van der Waals surface area contributed by atoms with Gasteiger partial charge in [-0.2, -0.15) is 8.42 Å². The highest BCUT2D eigenvalue weighted by molar-refractivity contribution is 7.87. The van der Waals surface area contributed by atoms with E-state index in [0.717, 1.165) is 0 Å². The number of hydrogen-bond acceptors (Lipinski definition) is 6. The van der Waals surface area contributed by atoms with Gasteiger partial charge in [-0.05, 0) is 0 Å². The van der Waals surface area contributed by atoms with Crippen molar-refractivity contribution in [1.82, 2.24) is 0 Å². The van der Waals surface area contributed by atoms with Crippen LogP contribution in [0.5, 0.6) is 0 Å². The summed E-state index contributed by atoms with van der Waals surface area (Å²) in [5.41, 5.74) is 0. The molecule has 6 nitrogen and oxygen atoms in total. The van der Waals surface area contributed by atoms with Crippen LogP contribution < -0.4 is 0 Å². The molecule has 3 saturated heterocycles. The summed E-state index contributed by atoms with van der Waals surface area (Å²) < 4.78 is 50.1. The van der Waals surface area contributed by atoms with Crippen LogP contribution >= 0.6 is 0 Å². The van der Waals surface area contributed by atoms with Gasteiger partial charge >= 0.3 is 5.97 Å². The van der Waals surface area contributed by atoms with Gasteiger partial charge in [0.2, 0.25) is 0 Å². The summed E-state index contributed by atoms with van der Waals surface area (Å²) >= 11 is 0. The molecule has 8 heteroatoms. The number of rotatable bonds is 2. The van der Waals surface area contributed by atoms with E-state index in [9.17, 15) is 17.6 Å². The number of alkyl halides is 1. The Labute approximate surface area is 90.8 Å². The SMILES string of the molecule is O=C(CF)OC1C2CC3OS(=O)(=O)C1C3O2. The second-order valence-corrected chi connectivity index (χ2v) is 5.78. The molecule has 3 rings (SSSR count). The third-order valence-corrected chi connectivity index (χ3v) is 4.86. The van der Waals surface area contributed by atoms with E-state index in [1.165, 1.54) is 0 Å². The largest absolute Gasteiger partial charge is 0.456 e. The zero-order chi connectivity index (χ0) is 11.5. The number of carbonyl (C=O) groups excluding carboxylic acids is 1. The maximum Gasteiger partial charge on any atom is 0.337 e. The van der Waals surface area contributed by atoms with Crippen LogP contribution in [0.15, 0.2) is 0 Å². The standard InChI is InChI=1S/C8H9FO6S/c9-2-5(10)14-6-3-1-4-7(13-3)8(6)16(11,12)15-4/h3-4,6-8H,1-2H2. The summed E-state index contributed by atoms with van der Waals surface area (Å²) in [5.74, 6) is -1.07. The van der Waals surface area contributed by atoms with Gasteiger partial charge in [-0.25, -0.2) is 9.18 Å². The van der Waals surface area contributed by atoms with Gasteiger partial charge in [0.15, 0.2) is 11.9 Å². The number of fused-ring (bicyclic) bond motifs is 1. The molecular formula is C8H9FO6S. The fourth-order valence-corrected chi connectivity index (χ4v) is 4.38. The van der Waals surface area contributed by atoms with Crippen LogP contribution in [0.4, 0.5) is 4.39 Å². The van der Waals surface area contributed by atoms with Crippen LogP contribution in [0, 0.1) is 0 Å². The van der Waals surface area contributed by atoms with Crippen molar-refractivity contribution in [2.75, 3.05) is 6.67 Å². The lowest BCUT2D eigenvalue weighted by Gasteiger charge is -2.20. The molecule has 0 aromatic rings. The fraction of sp³-hybridized carbons (Fsp3) is 0.875. The molecule has 0 aromatic carbocycles. The van der Waals surface area contributed by atoms with Crippen LogP contribution in [0.25, 0.3) is 0 Å². The molecule has 3 heterocycles. The van der Waals surface area contributed by atoms with Gasteiger partial charge in [-0.1, -0.05) is 0 Å². The quantitative estimate of drug-likeness (QED) is 0.470. The van der Waals surface area contributed by atoms with Gasteiger partial charge in [0.25, 0.3) is 10.1 Å². The Kier molecular flexibility index (Phi) is 2.05. The maximum absolute atomic E-state index is 12.0. The minimum Gasteiger partial charge on any atom is -0.456 e. The minimum absolute atomic E-state index is 0.366.